The third-order valence-electron chi connectivity index (χ3n) is 4.46. The average molecular weight is 285 g/mol. The largest absolute Gasteiger partial charge is 0.390 e. The van der Waals surface area contributed by atoms with Crippen molar-refractivity contribution in [1.29, 1.82) is 0 Å². The summed E-state index contributed by atoms with van der Waals surface area (Å²) in [5.74, 6) is 1.39. The molecule has 1 aliphatic rings. The number of hydrogen-bond acceptors (Lipinski definition) is 4. The Balaban J connectivity index is 2.41. The number of aliphatic hydroxyl groups excluding tert-OH is 1. The molecule has 0 saturated heterocycles. The Hall–Kier alpha value is -0.160. The minimum absolute atomic E-state index is 0.209. The predicted octanol–water partition coefficient (Wildman–Crippen LogP) is 2.00. The molecule has 1 aliphatic carbocycles. The van der Waals surface area contributed by atoms with E-state index in [0.29, 0.717) is 12.5 Å². The van der Waals surface area contributed by atoms with Gasteiger partial charge in [-0.15, -0.1) is 0 Å². The molecule has 0 aromatic heterocycles. The normalized spacial score (nSPS) is 20.6. The average Bonchev–Trinajstić information content (AvgIpc) is 2.44. The van der Waals surface area contributed by atoms with Gasteiger partial charge < -0.3 is 10.4 Å². The van der Waals surface area contributed by atoms with Gasteiger partial charge >= 0.3 is 0 Å². The highest BCUT2D eigenvalue weighted by molar-refractivity contribution is 4.81. The highest BCUT2D eigenvalue weighted by Crippen LogP contribution is 2.28. The van der Waals surface area contributed by atoms with Crippen molar-refractivity contribution in [2.75, 3.05) is 27.2 Å². The third kappa shape index (κ3) is 6.53. The Morgan fingerprint density at radius 2 is 1.75 bits per heavy atom. The molecule has 1 unspecified atom stereocenters. The van der Waals surface area contributed by atoms with Crippen LogP contribution in [0.1, 0.15) is 52.4 Å². The summed E-state index contributed by atoms with van der Waals surface area (Å²) >= 11 is 0. The van der Waals surface area contributed by atoms with E-state index >= 15 is 0 Å². The zero-order valence-electron chi connectivity index (χ0n) is 13.9. The van der Waals surface area contributed by atoms with Crippen LogP contribution in [0.2, 0.25) is 0 Å². The van der Waals surface area contributed by atoms with E-state index in [4.69, 9.17) is 0 Å². The van der Waals surface area contributed by atoms with Gasteiger partial charge in [-0.3, -0.25) is 5.43 Å². The SMILES string of the molecule is CNC(CC1CCCCC1)[C@@H](O)CN(CC(C)C)NC. The fourth-order valence-electron chi connectivity index (χ4n) is 3.30. The van der Waals surface area contributed by atoms with E-state index in [9.17, 15) is 5.11 Å². The van der Waals surface area contributed by atoms with Crippen molar-refractivity contribution in [3.05, 3.63) is 0 Å². The number of rotatable bonds is 9. The molecule has 4 nitrogen and oxygen atoms in total. The molecule has 0 spiro atoms. The van der Waals surface area contributed by atoms with Crippen LogP contribution in [-0.2, 0) is 0 Å². The first-order valence-electron chi connectivity index (χ1n) is 8.34. The van der Waals surface area contributed by atoms with Crippen LogP contribution in [0.15, 0.2) is 0 Å². The molecule has 0 amide bonds. The van der Waals surface area contributed by atoms with E-state index < -0.39 is 0 Å². The third-order valence-corrected chi connectivity index (χ3v) is 4.46. The lowest BCUT2D eigenvalue weighted by molar-refractivity contribution is 0.0483. The second-order valence-electron chi connectivity index (χ2n) is 6.72. The molecule has 1 fully saturated rings. The van der Waals surface area contributed by atoms with Crippen molar-refractivity contribution in [3.63, 3.8) is 0 Å². The molecule has 0 aromatic rings. The summed E-state index contributed by atoms with van der Waals surface area (Å²) in [6.45, 7) is 6.06. The lowest BCUT2D eigenvalue weighted by atomic mass is 9.83. The number of likely N-dealkylation sites (N-methyl/N-ethyl adjacent to an activating group) is 1. The Morgan fingerprint density at radius 3 is 2.25 bits per heavy atom. The molecule has 0 heterocycles. The Morgan fingerprint density at radius 1 is 1.10 bits per heavy atom. The Bertz CT molecular complexity index is 242. The van der Waals surface area contributed by atoms with Gasteiger partial charge in [0.05, 0.1) is 6.10 Å². The summed E-state index contributed by atoms with van der Waals surface area (Å²) in [6.07, 6.45) is 7.61. The predicted molar refractivity (Wildman–Crippen MR) is 85.5 cm³/mol. The summed E-state index contributed by atoms with van der Waals surface area (Å²) in [5.41, 5.74) is 3.19. The molecule has 20 heavy (non-hydrogen) atoms. The minimum atomic E-state index is -0.312. The van der Waals surface area contributed by atoms with Gasteiger partial charge in [0, 0.05) is 19.1 Å². The lowest BCUT2D eigenvalue weighted by Gasteiger charge is -2.32. The first-order chi connectivity index (χ1) is 9.56. The van der Waals surface area contributed by atoms with Crippen molar-refractivity contribution in [3.8, 4) is 0 Å². The van der Waals surface area contributed by atoms with E-state index in [-0.39, 0.29) is 12.1 Å². The van der Waals surface area contributed by atoms with Crippen molar-refractivity contribution >= 4 is 0 Å². The van der Waals surface area contributed by atoms with Gasteiger partial charge in [0.1, 0.15) is 0 Å². The van der Waals surface area contributed by atoms with E-state index in [1.54, 1.807) is 0 Å². The van der Waals surface area contributed by atoms with E-state index in [0.717, 1.165) is 18.9 Å². The van der Waals surface area contributed by atoms with Crippen LogP contribution in [-0.4, -0.2) is 49.4 Å². The summed E-state index contributed by atoms with van der Waals surface area (Å²) in [5, 5.41) is 16.0. The molecular weight excluding hydrogens is 250 g/mol. The fraction of sp³-hybridized carbons (Fsp3) is 1.00. The monoisotopic (exact) mass is 285 g/mol. The number of nitrogens with zero attached hydrogens (tertiary/aromatic N) is 1. The van der Waals surface area contributed by atoms with Crippen LogP contribution in [0.25, 0.3) is 0 Å². The molecule has 120 valence electrons. The lowest BCUT2D eigenvalue weighted by Crippen LogP contribution is -2.50. The zero-order chi connectivity index (χ0) is 15.0. The van der Waals surface area contributed by atoms with Crippen LogP contribution < -0.4 is 10.7 Å². The maximum Gasteiger partial charge on any atom is 0.0833 e. The van der Waals surface area contributed by atoms with Crippen molar-refractivity contribution in [1.82, 2.24) is 15.8 Å². The van der Waals surface area contributed by atoms with Gasteiger partial charge in [-0.05, 0) is 32.4 Å². The van der Waals surface area contributed by atoms with Crippen LogP contribution in [0.5, 0.6) is 0 Å². The second kappa shape index (κ2) is 9.72. The molecule has 0 radical (unpaired) electrons. The quantitative estimate of drug-likeness (QED) is 0.567. The van der Waals surface area contributed by atoms with E-state index in [2.05, 4.69) is 29.6 Å². The first-order valence-corrected chi connectivity index (χ1v) is 8.34. The summed E-state index contributed by atoms with van der Waals surface area (Å²) in [4.78, 5) is 0. The highest BCUT2D eigenvalue weighted by atomic mass is 16.3. The molecule has 4 heteroatoms. The van der Waals surface area contributed by atoms with Gasteiger partial charge in [0.15, 0.2) is 0 Å². The Labute approximate surface area is 125 Å². The maximum absolute atomic E-state index is 10.5. The molecule has 0 aliphatic heterocycles. The van der Waals surface area contributed by atoms with Crippen molar-refractivity contribution < 1.29 is 5.11 Å². The second-order valence-corrected chi connectivity index (χ2v) is 6.72. The fourth-order valence-corrected chi connectivity index (χ4v) is 3.30. The molecule has 3 N–H and O–H groups in total. The van der Waals surface area contributed by atoms with Gasteiger partial charge in [-0.25, -0.2) is 5.01 Å². The standard InChI is InChI=1S/C16H35N3O/c1-13(2)11-19(18-4)12-16(20)15(17-3)10-14-8-6-5-7-9-14/h13-18,20H,5-12H2,1-4H3/t15?,16-/m0/s1. The zero-order valence-corrected chi connectivity index (χ0v) is 13.9. The number of aliphatic hydroxyl groups is 1. The van der Waals surface area contributed by atoms with Gasteiger partial charge in [-0.2, -0.15) is 0 Å². The topological polar surface area (TPSA) is 47.5 Å². The minimum Gasteiger partial charge on any atom is -0.390 e. The van der Waals surface area contributed by atoms with Gasteiger partial charge in [0.2, 0.25) is 0 Å². The number of nitrogens with one attached hydrogen (secondary N) is 2. The van der Waals surface area contributed by atoms with Crippen molar-refractivity contribution in [2.24, 2.45) is 11.8 Å². The molecule has 1 rings (SSSR count). The van der Waals surface area contributed by atoms with Crippen LogP contribution in [0.4, 0.5) is 0 Å². The summed E-state index contributed by atoms with van der Waals surface area (Å²) in [6, 6.07) is 0.209. The molecule has 0 aromatic carbocycles. The highest BCUT2D eigenvalue weighted by Gasteiger charge is 2.24. The van der Waals surface area contributed by atoms with E-state index in [1.807, 2.05) is 14.1 Å². The number of hydrogen-bond donors (Lipinski definition) is 3. The molecular formula is C16H35N3O. The smallest absolute Gasteiger partial charge is 0.0833 e. The molecule has 0 bridgehead atoms. The van der Waals surface area contributed by atoms with Crippen LogP contribution in [0, 0.1) is 11.8 Å². The first kappa shape index (κ1) is 17.9. The van der Waals surface area contributed by atoms with Crippen molar-refractivity contribution in [2.45, 2.75) is 64.5 Å². The maximum atomic E-state index is 10.5. The molecule has 2 atom stereocenters. The van der Waals surface area contributed by atoms with Crippen LogP contribution >= 0.6 is 0 Å². The van der Waals surface area contributed by atoms with E-state index in [1.165, 1.54) is 32.1 Å². The number of hydrazine groups is 1. The van der Waals surface area contributed by atoms with Gasteiger partial charge in [-0.1, -0.05) is 46.0 Å². The van der Waals surface area contributed by atoms with Crippen LogP contribution in [0.3, 0.4) is 0 Å². The van der Waals surface area contributed by atoms with Gasteiger partial charge in [0.25, 0.3) is 0 Å². The molecule has 1 saturated carbocycles. The summed E-state index contributed by atoms with van der Waals surface area (Å²) in [7, 11) is 3.91. The Kier molecular flexibility index (Phi) is 8.69. The summed E-state index contributed by atoms with van der Waals surface area (Å²) < 4.78 is 0.